The van der Waals surface area contributed by atoms with Crippen LogP contribution in [0.5, 0.6) is 0 Å². The maximum atomic E-state index is 12.2. The number of benzene rings is 2. The molecule has 0 aromatic heterocycles. The van der Waals surface area contributed by atoms with Crippen molar-refractivity contribution in [1.82, 2.24) is 0 Å². The van der Waals surface area contributed by atoms with E-state index in [4.69, 9.17) is 9.47 Å². The average molecular weight is 405 g/mol. The highest BCUT2D eigenvalue weighted by molar-refractivity contribution is 9.10. The Bertz CT molecular complexity index is 728. The van der Waals surface area contributed by atoms with Gasteiger partial charge in [0, 0.05) is 29.8 Å². The monoisotopic (exact) mass is 404 g/mol. The molecule has 1 aliphatic rings. The van der Waals surface area contributed by atoms with E-state index in [0.29, 0.717) is 25.3 Å². The standard InChI is InChI=1S/C19H21BrN2O3/c1-24-19(23)17-12-16(21-13-14-2-4-15(20)5-3-14)6-7-18(17)22-8-10-25-11-9-22/h2-7,12,21H,8-11,13H2,1H3. The summed E-state index contributed by atoms with van der Waals surface area (Å²) in [4.78, 5) is 14.4. The van der Waals surface area contributed by atoms with Crippen molar-refractivity contribution in [3.05, 3.63) is 58.1 Å². The lowest BCUT2D eigenvalue weighted by Gasteiger charge is -2.30. The first-order valence-electron chi connectivity index (χ1n) is 8.21. The fourth-order valence-electron chi connectivity index (χ4n) is 2.81. The normalized spacial score (nSPS) is 14.2. The molecule has 1 aliphatic heterocycles. The van der Waals surface area contributed by atoms with Gasteiger partial charge in [0.1, 0.15) is 0 Å². The molecule has 0 bridgehead atoms. The second-order valence-corrected chi connectivity index (χ2v) is 6.72. The van der Waals surface area contributed by atoms with Gasteiger partial charge in [-0.1, -0.05) is 28.1 Å². The molecule has 2 aromatic carbocycles. The van der Waals surface area contributed by atoms with Crippen LogP contribution in [0.25, 0.3) is 0 Å². The topological polar surface area (TPSA) is 50.8 Å². The van der Waals surface area contributed by atoms with E-state index in [1.165, 1.54) is 12.7 Å². The van der Waals surface area contributed by atoms with Gasteiger partial charge >= 0.3 is 5.97 Å². The van der Waals surface area contributed by atoms with Crippen LogP contribution in [0, 0.1) is 0 Å². The Balaban J connectivity index is 1.78. The van der Waals surface area contributed by atoms with Crippen molar-refractivity contribution in [2.24, 2.45) is 0 Å². The van der Waals surface area contributed by atoms with Crippen LogP contribution >= 0.6 is 15.9 Å². The first-order valence-corrected chi connectivity index (χ1v) is 9.00. The van der Waals surface area contributed by atoms with Crippen molar-refractivity contribution in [2.75, 3.05) is 43.6 Å². The molecule has 0 aliphatic carbocycles. The lowest BCUT2D eigenvalue weighted by Crippen LogP contribution is -2.37. The predicted molar refractivity (Wildman–Crippen MR) is 102 cm³/mol. The molecule has 5 nitrogen and oxygen atoms in total. The third kappa shape index (κ3) is 4.52. The van der Waals surface area contributed by atoms with E-state index in [1.54, 1.807) is 0 Å². The first kappa shape index (κ1) is 17.8. The van der Waals surface area contributed by atoms with Crippen molar-refractivity contribution in [3.8, 4) is 0 Å². The summed E-state index contributed by atoms with van der Waals surface area (Å²) in [5.41, 5.74) is 3.52. The smallest absolute Gasteiger partial charge is 0.340 e. The number of halogens is 1. The minimum Gasteiger partial charge on any atom is -0.465 e. The zero-order chi connectivity index (χ0) is 17.6. The first-order chi connectivity index (χ1) is 12.2. The summed E-state index contributed by atoms with van der Waals surface area (Å²) in [5.74, 6) is -0.325. The van der Waals surface area contributed by atoms with Crippen LogP contribution in [0.3, 0.4) is 0 Å². The van der Waals surface area contributed by atoms with Crippen molar-refractivity contribution >= 4 is 33.3 Å². The van der Waals surface area contributed by atoms with Crippen molar-refractivity contribution in [3.63, 3.8) is 0 Å². The second-order valence-electron chi connectivity index (χ2n) is 5.80. The maximum absolute atomic E-state index is 12.2. The quantitative estimate of drug-likeness (QED) is 0.770. The molecule has 132 valence electrons. The highest BCUT2D eigenvalue weighted by Crippen LogP contribution is 2.26. The molecule has 1 N–H and O–H groups in total. The van der Waals surface area contributed by atoms with Gasteiger partial charge in [0.15, 0.2) is 0 Å². The third-order valence-electron chi connectivity index (χ3n) is 4.16. The Morgan fingerprint density at radius 3 is 2.60 bits per heavy atom. The van der Waals surface area contributed by atoms with E-state index in [-0.39, 0.29) is 5.97 Å². The molecule has 6 heteroatoms. The van der Waals surface area contributed by atoms with E-state index in [2.05, 4.69) is 38.3 Å². The lowest BCUT2D eigenvalue weighted by atomic mass is 10.1. The Morgan fingerprint density at radius 1 is 1.20 bits per heavy atom. The van der Waals surface area contributed by atoms with E-state index in [9.17, 15) is 4.79 Å². The molecule has 0 radical (unpaired) electrons. The molecule has 0 atom stereocenters. The molecular formula is C19H21BrN2O3. The number of anilines is 2. The molecule has 0 spiro atoms. The number of carbonyl (C=O) groups excluding carboxylic acids is 1. The summed E-state index contributed by atoms with van der Waals surface area (Å²) in [5, 5.41) is 3.36. The second kappa shape index (κ2) is 8.36. The number of carbonyl (C=O) groups is 1. The number of nitrogens with one attached hydrogen (secondary N) is 1. The number of rotatable bonds is 5. The molecule has 1 fully saturated rings. The summed E-state index contributed by atoms with van der Waals surface area (Å²) in [6, 6.07) is 14.0. The highest BCUT2D eigenvalue weighted by atomic mass is 79.9. The van der Waals surface area contributed by atoms with E-state index >= 15 is 0 Å². The molecule has 2 aromatic rings. The Kier molecular flexibility index (Phi) is 5.94. The fourth-order valence-corrected chi connectivity index (χ4v) is 3.07. The molecule has 1 saturated heterocycles. The summed E-state index contributed by atoms with van der Waals surface area (Å²) in [6.07, 6.45) is 0. The Morgan fingerprint density at radius 2 is 1.92 bits per heavy atom. The molecule has 0 saturated carbocycles. The zero-order valence-corrected chi connectivity index (χ0v) is 15.7. The number of ether oxygens (including phenoxy) is 2. The predicted octanol–water partition coefficient (Wildman–Crippen LogP) is 3.68. The van der Waals surface area contributed by atoms with Crippen molar-refractivity contribution < 1.29 is 14.3 Å². The minimum absolute atomic E-state index is 0.325. The van der Waals surface area contributed by atoms with Gasteiger partial charge in [0.25, 0.3) is 0 Å². The van der Waals surface area contributed by atoms with Crippen LogP contribution in [0.4, 0.5) is 11.4 Å². The third-order valence-corrected chi connectivity index (χ3v) is 4.69. The number of nitrogens with zero attached hydrogens (tertiary/aromatic N) is 1. The maximum Gasteiger partial charge on any atom is 0.340 e. The van der Waals surface area contributed by atoms with Crippen LogP contribution in [0.2, 0.25) is 0 Å². The summed E-state index contributed by atoms with van der Waals surface area (Å²) in [7, 11) is 1.41. The number of hydrogen-bond acceptors (Lipinski definition) is 5. The van der Waals surface area contributed by atoms with Gasteiger partial charge in [-0.15, -0.1) is 0 Å². The van der Waals surface area contributed by atoms with Crippen molar-refractivity contribution in [1.29, 1.82) is 0 Å². The highest BCUT2D eigenvalue weighted by Gasteiger charge is 2.19. The molecule has 3 rings (SSSR count). The summed E-state index contributed by atoms with van der Waals surface area (Å²) in [6.45, 7) is 3.57. The molecular weight excluding hydrogens is 384 g/mol. The molecule has 25 heavy (non-hydrogen) atoms. The van der Waals surface area contributed by atoms with Gasteiger partial charge < -0.3 is 19.7 Å². The van der Waals surface area contributed by atoms with Crippen LogP contribution in [-0.2, 0) is 16.0 Å². The SMILES string of the molecule is COC(=O)c1cc(NCc2ccc(Br)cc2)ccc1N1CCOCC1. The van der Waals surface area contributed by atoms with Gasteiger partial charge in [0.2, 0.25) is 0 Å². The minimum atomic E-state index is -0.325. The number of morpholine rings is 1. The van der Waals surface area contributed by atoms with Crippen LogP contribution < -0.4 is 10.2 Å². The number of hydrogen-bond donors (Lipinski definition) is 1. The number of methoxy groups -OCH3 is 1. The zero-order valence-electron chi connectivity index (χ0n) is 14.1. The van der Waals surface area contributed by atoms with Crippen LogP contribution in [-0.4, -0.2) is 39.4 Å². The van der Waals surface area contributed by atoms with Gasteiger partial charge in [-0.2, -0.15) is 0 Å². The van der Waals surface area contributed by atoms with E-state index in [1.807, 2.05) is 30.3 Å². The summed E-state index contributed by atoms with van der Waals surface area (Å²) >= 11 is 3.44. The Labute approximate surface area is 156 Å². The van der Waals surface area contributed by atoms with Gasteiger partial charge in [0.05, 0.1) is 31.6 Å². The Hall–Kier alpha value is -2.05. The number of esters is 1. The van der Waals surface area contributed by atoms with E-state index < -0.39 is 0 Å². The van der Waals surface area contributed by atoms with Gasteiger partial charge in [-0.25, -0.2) is 4.79 Å². The van der Waals surface area contributed by atoms with Gasteiger partial charge in [-0.3, -0.25) is 0 Å². The summed E-state index contributed by atoms with van der Waals surface area (Å²) < 4.78 is 11.4. The molecule has 0 unspecified atom stereocenters. The van der Waals surface area contributed by atoms with Crippen molar-refractivity contribution in [2.45, 2.75) is 6.54 Å². The van der Waals surface area contributed by atoms with Gasteiger partial charge in [-0.05, 0) is 35.9 Å². The van der Waals surface area contributed by atoms with E-state index in [0.717, 1.165) is 28.9 Å². The van der Waals surface area contributed by atoms with Crippen LogP contribution in [0.15, 0.2) is 46.9 Å². The lowest BCUT2D eigenvalue weighted by molar-refractivity contribution is 0.0600. The van der Waals surface area contributed by atoms with Crippen LogP contribution in [0.1, 0.15) is 15.9 Å². The largest absolute Gasteiger partial charge is 0.465 e. The average Bonchev–Trinajstić information content (AvgIpc) is 2.67. The molecule has 0 amide bonds. The fraction of sp³-hybridized carbons (Fsp3) is 0.316. The molecule has 1 heterocycles.